The monoisotopic (exact) mass is 341 g/mol. The molecule has 0 N–H and O–H groups in total. The van der Waals surface area contributed by atoms with E-state index in [1.807, 2.05) is 37.3 Å². The van der Waals surface area contributed by atoms with Crippen molar-refractivity contribution < 1.29 is 4.79 Å². The van der Waals surface area contributed by atoms with Crippen LogP contribution in [0.5, 0.6) is 0 Å². The second-order valence-electron chi connectivity index (χ2n) is 4.66. The molecule has 0 spiro atoms. The summed E-state index contributed by atoms with van der Waals surface area (Å²) in [5, 5.41) is 4.53. The molecule has 2 heterocycles. The topological polar surface area (TPSA) is 47.8 Å². The Bertz CT molecular complexity index is 797. The van der Waals surface area contributed by atoms with Crippen LogP contribution < -0.4 is 0 Å². The molecule has 1 aromatic carbocycles. The van der Waals surface area contributed by atoms with Crippen molar-refractivity contribution in [2.24, 2.45) is 0 Å². The molecular weight excluding hydrogens is 330 g/mol. The summed E-state index contributed by atoms with van der Waals surface area (Å²) < 4.78 is 2.73. The first-order chi connectivity index (χ1) is 10.2. The van der Waals surface area contributed by atoms with Gasteiger partial charge in [-0.2, -0.15) is 5.10 Å². The van der Waals surface area contributed by atoms with Gasteiger partial charge in [0, 0.05) is 28.6 Å². The van der Waals surface area contributed by atoms with Gasteiger partial charge in [0.05, 0.1) is 11.3 Å². The van der Waals surface area contributed by atoms with E-state index >= 15 is 0 Å². The van der Waals surface area contributed by atoms with Crippen molar-refractivity contribution in [2.45, 2.75) is 6.92 Å². The Morgan fingerprint density at radius 3 is 2.62 bits per heavy atom. The largest absolute Gasteiger partial charge is 0.298 e. The molecule has 0 fully saturated rings. The summed E-state index contributed by atoms with van der Waals surface area (Å²) in [5.41, 5.74) is 4.13. The third-order valence-electron chi connectivity index (χ3n) is 3.23. The Hall–Kier alpha value is -2.27. The molecule has 21 heavy (non-hydrogen) atoms. The van der Waals surface area contributed by atoms with Gasteiger partial charge in [-0.3, -0.25) is 9.78 Å². The predicted molar refractivity (Wildman–Crippen MR) is 84.6 cm³/mol. The van der Waals surface area contributed by atoms with Gasteiger partial charge in [0.2, 0.25) is 0 Å². The molecule has 104 valence electrons. The first-order valence-corrected chi connectivity index (χ1v) is 7.20. The number of rotatable bonds is 3. The molecule has 0 aliphatic heterocycles. The molecule has 2 aromatic heterocycles. The van der Waals surface area contributed by atoms with E-state index in [-0.39, 0.29) is 0 Å². The maximum Gasteiger partial charge on any atom is 0.153 e. The van der Waals surface area contributed by atoms with Crippen LogP contribution in [0.15, 0.2) is 53.4 Å². The summed E-state index contributed by atoms with van der Waals surface area (Å²) in [6.45, 7) is 2.01. The Kier molecular flexibility index (Phi) is 3.66. The molecule has 0 saturated heterocycles. The minimum atomic E-state index is 0.563. The van der Waals surface area contributed by atoms with Gasteiger partial charge >= 0.3 is 0 Å². The highest BCUT2D eigenvalue weighted by Crippen LogP contribution is 2.26. The lowest BCUT2D eigenvalue weighted by molar-refractivity contribution is 0.112. The molecule has 4 nitrogen and oxygen atoms in total. The SMILES string of the molecule is Cc1cc(-c2nn(-c3ccncc3)cc2C=O)ccc1Br. The van der Waals surface area contributed by atoms with Crippen molar-refractivity contribution >= 4 is 22.2 Å². The van der Waals surface area contributed by atoms with Crippen LogP contribution in [0.4, 0.5) is 0 Å². The fourth-order valence-corrected chi connectivity index (χ4v) is 2.37. The normalized spacial score (nSPS) is 10.6. The number of pyridine rings is 1. The molecule has 0 aliphatic carbocycles. The number of carbonyl (C=O) groups excluding carboxylic acids is 1. The minimum absolute atomic E-state index is 0.563. The highest BCUT2D eigenvalue weighted by Gasteiger charge is 2.12. The van der Waals surface area contributed by atoms with Crippen LogP contribution in [0.25, 0.3) is 16.9 Å². The molecule has 0 atom stereocenters. The van der Waals surface area contributed by atoms with Crippen molar-refractivity contribution in [3.63, 3.8) is 0 Å². The third kappa shape index (κ3) is 2.64. The van der Waals surface area contributed by atoms with Gasteiger partial charge in [-0.1, -0.05) is 22.0 Å². The first kappa shape index (κ1) is 13.7. The number of hydrogen-bond acceptors (Lipinski definition) is 3. The lowest BCUT2D eigenvalue weighted by atomic mass is 10.1. The molecule has 5 heteroatoms. The Morgan fingerprint density at radius 1 is 1.19 bits per heavy atom. The Balaban J connectivity index is 2.12. The van der Waals surface area contributed by atoms with E-state index in [2.05, 4.69) is 26.0 Å². The summed E-state index contributed by atoms with van der Waals surface area (Å²) in [4.78, 5) is 15.3. The molecule has 0 saturated carbocycles. The van der Waals surface area contributed by atoms with E-state index in [0.717, 1.165) is 27.6 Å². The van der Waals surface area contributed by atoms with Gasteiger partial charge in [-0.25, -0.2) is 4.68 Å². The number of aromatic nitrogens is 3. The summed E-state index contributed by atoms with van der Waals surface area (Å²) >= 11 is 3.48. The van der Waals surface area contributed by atoms with Gasteiger partial charge < -0.3 is 0 Å². The molecule has 0 unspecified atom stereocenters. The fraction of sp³-hybridized carbons (Fsp3) is 0.0625. The van der Waals surface area contributed by atoms with Crippen molar-refractivity contribution in [1.82, 2.24) is 14.8 Å². The van der Waals surface area contributed by atoms with Crippen LogP contribution in [-0.4, -0.2) is 21.1 Å². The van der Waals surface area contributed by atoms with E-state index in [0.29, 0.717) is 11.3 Å². The zero-order valence-electron chi connectivity index (χ0n) is 11.3. The molecule has 3 rings (SSSR count). The zero-order chi connectivity index (χ0) is 14.8. The lowest BCUT2D eigenvalue weighted by Gasteiger charge is -2.03. The highest BCUT2D eigenvalue weighted by molar-refractivity contribution is 9.10. The third-order valence-corrected chi connectivity index (χ3v) is 4.12. The second-order valence-corrected chi connectivity index (χ2v) is 5.52. The summed E-state index contributed by atoms with van der Waals surface area (Å²) in [5.74, 6) is 0. The van der Waals surface area contributed by atoms with E-state index < -0.39 is 0 Å². The summed E-state index contributed by atoms with van der Waals surface area (Å²) in [6, 6.07) is 9.61. The number of nitrogens with zero attached hydrogens (tertiary/aromatic N) is 3. The maximum atomic E-state index is 11.3. The van der Waals surface area contributed by atoms with Gasteiger partial charge in [-0.15, -0.1) is 0 Å². The van der Waals surface area contributed by atoms with Gasteiger partial charge in [-0.05, 0) is 36.8 Å². The van der Waals surface area contributed by atoms with Crippen LogP contribution in [-0.2, 0) is 0 Å². The van der Waals surface area contributed by atoms with Crippen LogP contribution in [0.3, 0.4) is 0 Å². The quantitative estimate of drug-likeness (QED) is 0.680. The van der Waals surface area contributed by atoms with Gasteiger partial charge in [0.1, 0.15) is 5.69 Å². The van der Waals surface area contributed by atoms with E-state index in [1.54, 1.807) is 23.3 Å². The fourth-order valence-electron chi connectivity index (χ4n) is 2.12. The van der Waals surface area contributed by atoms with Crippen molar-refractivity contribution in [1.29, 1.82) is 0 Å². The predicted octanol–water partition coefficient (Wildman–Crippen LogP) is 3.82. The second kappa shape index (κ2) is 5.61. The number of hydrogen-bond donors (Lipinski definition) is 0. The highest BCUT2D eigenvalue weighted by atomic mass is 79.9. The molecular formula is C16H12BrN3O. The van der Waals surface area contributed by atoms with Crippen LogP contribution in [0, 0.1) is 6.92 Å². The smallest absolute Gasteiger partial charge is 0.153 e. The molecule has 0 bridgehead atoms. The lowest BCUT2D eigenvalue weighted by Crippen LogP contribution is -1.94. The number of aldehydes is 1. The van der Waals surface area contributed by atoms with Crippen LogP contribution in [0.1, 0.15) is 15.9 Å². The van der Waals surface area contributed by atoms with E-state index in [9.17, 15) is 4.79 Å². The standard InChI is InChI=1S/C16H12BrN3O/c1-11-8-12(2-3-15(11)17)16-13(10-21)9-20(19-16)14-4-6-18-7-5-14/h2-10H,1H3. The number of aryl methyl sites for hydroxylation is 1. The average molecular weight is 342 g/mol. The number of halogens is 1. The number of carbonyl (C=O) groups is 1. The Morgan fingerprint density at radius 2 is 1.95 bits per heavy atom. The molecule has 0 amide bonds. The molecule has 0 aliphatic rings. The summed E-state index contributed by atoms with van der Waals surface area (Å²) in [6.07, 6.45) is 5.95. The van der Waals surface area contributed by atoms with Crippen molar-refractivity contribution in [3.8, 4) is 16.9 Å². The Labute approximate surface area is 130 Å². The average Bonchev–Trinajstić information content (AvgIpc) is 2.95. The van der Waals surface area contributed by atoms with Crippen molar-refractivity contribution in [3.05, 3.63) is 64.5 Å². The van der Waals surface area contributed by atoms with E-state index in [1.165, 1.54) is 0 Å². The van der Waals surface area contributed by atoms with Gasteiger partial charge in [0.15, 0.2) is 6.29 Å². The molecule has 0 radical (unpaired) electrons. The zero-order valence-corrected chi connectivity index (χ0v) is 12.9. The number of benzene rings is 1. The van der Waals surface area contributed by atoms with E-state index in [4.69, 9.17) is 0 Å². The van der Waals surface area contributed by atoms with Crippen LogP contribution >= 0.6 is 15.9 Å². The molecule has 3 aromatic rings. The van der Waals surface area contributed by atoms with Gasteiger partial charge in [0.25, 0.3) is 0 Å². The van der Waals surface area contributed by atoms with Crippen molar-refractivity contribution in [2.75, 3.05) is 0 Å². The first-order valence-electron chi connectivity index (χ1n) is 6.41. The minimum Gasteiger partial charge on any atom is -0.298 e. The van der Waals surface area contributed by atoms with Crippen LogP contribution in [0.2, 0.25) is 0 Å². The summed E-state index contributed by atoms with van der Waals surface area (Å²) in [7, 11) is 0. The maximum absolute atomic E-state index is 11.3.